The minimum atomic E-state index is -0.0619. The lowest BCUT2D eigenvalue weighted by Crippen LogP contribution is -2.42. The zero-order chi connectivity index (χ0) is 27.8. The molecule has 214 valence electrons. The van der Waals surface area contributed by atoms with Gasteiger partial charge in [0.15, 0.2) is 0 Å². The molecule has 3 fully saturated rings. The van der Waals surface area contributed by atoms with Crippen molar-refractivity contribution < 1.29 is 20.0 Å². The molecule has 6 nitrogen and oxygen atoms in total. The van der Waals surface area contributed by atoms with E-state index >= 15 is 0 Å². The van der Waals surface area contributed by atoms with Crippen molar-refractivity contribution in [2.45, 2.75) is 97.7 Å². The third-order valence-electron chi connectivity index (χ3n) is 8.44. The normalized spacial score (nSPS) is 27.2. The van der Waals surface area contributed by atoms with Crippen molar-refractivity contribution in [3.63, 3.8) is 0 Å². The maximum absolute atomic E-state index is 10.7. The van der Waals surface area contributed by atoms with E-state index in [1.54, 1.807) is 0 Å². The quantitative estimate of drug-likeness (QED) is 0.264. The molecule has 0 spiro atoms. The van der Waals surface area contributed by atoms with Gasteiger partial charge in [-0.05, 0) is 94.6 Å². The van der Waals surface area contributed by atoms with E-state index in [-0.39, 0.29) is 6.10 Å². The number of allylic oxidation sites excluding steroid dienone is 1. The highest BCUT2D eigenvalue weighted by atomic mass is 17.1. The van der Waals surface area contributed by atoms with E-state index in [1.807, 2.05) is 6.08 Å². The minimum absolute atomic E-state index is 0.0619. The summed E-state index contributed by atoms with van der Waals surface area (Å²) in [6.07, 6.45) is 13.9. The molecule has 1 aromatic rings. The molecule has 0 radical (unpaired) electrons. The highest BCUT2D eigenvalue weighted by molar-refractivity contribution is 5.62. The van der Waals surface area contributed by atoms with Crippen LogP contribution in [0.3, 0.4) is 0 Å². The second kappa shape index (κ2) is 18.8. The van der Waals surface area contributed by atoms with Crippen LogP contribution in [-0.2, 0) is 9.62 Å². The second-order valence-corrected chi connectivity index (χ2v) is 10.9. The number of aryl methyl sites for hydroxylation is 1. The average molecular weight is 521 g/mol. The topological polar surface area (TPSA) is 111 Å². The number of rotatable bonds is 5. The molecule has 37 heavy (non-hydrogen) atoms. The smallest absolute Gasteiger partial charge is 0.0710 e. The molecule has 1 aromatic carbocycles. The molecule has 0 amide bonds. The van der Waals surface area contributed by atoms with Crippen molar-refractivity contribution in [2.75, 3.05) is 20.8 Å². The van der Waals surface area contributed by atoms with Crippen LogP contribution < -0.4 is 11.5 Å². The summed E-state index contributed by atoms with van der Waals surface area (Å²) in [6, 6.07) is 8.25. The van der Waals surface area contributed by atoms with Crippen molar-refractivity contribution in [3.05, 3.63) is 41.5 Å². The number of nitrogens with two attached hydrogens (primary N) is 2. The highest BCUT2D eigenvalue weighted by Gasteiger charge is 2.42. The molecule has 4 rings (SSSR count). The van der Waals surface area contributed by atoms with Crippen LogP contribution in [0.15, 0.2) is 30.3 Å². The van der Waals surface area contributed by atoms with Crippen LogP contribution in [0.25, 0.3) is 5.70 Å². The lowest BCUT2D eigenvalue weighted by Gasteiger charge is -2.44. The molecular weight excluding hydrogens is 464 g/mol. The molecule has 5 unspecified atom stereocenters. The first-order valence-electron chi connectivity index (χ1n) is 14.4. The molecule has 0 bridgehead atoms. The van der Waals surface area contributed by atoms with Gasteiger partial charge in [0.2, 0.25) is 0 Å². The summed E-state index contributed by atoms with van der Waals surface area (Å²) in [7, 11) is 2.68. The Balaban J connectivity index is 0.000000344. The molecule has 1 heterocycles. The zero-order valence-corrected chi connectivity index (χ0v) is 24.4. The maximum atomic E-state index is 10.7. The highest BCUT2D eigenvalue weighted by Crippen LogP contribution is 2.46. The summed E-state index contributed by atoms with van der Waals surface area (Å²) >= 11 is 0. The van der Waals surface area contributed by atoms with E-state index in [1.165, 1.54) is 71.1 Å². The number of benzene rings is 1. The fourth-order valence-corrected chi connectivity index (χ4v) is 6.02. The molecular formula is C31H56N2O4. The first kappa shape index (κ1) is 33.6. The van der Waals surface area contributed by atoms with Gasteiger partial charge in [-0.25, -0.2) is 4.89 Å². The van der Waals surface area contributed by atoms with Crippen LogP contribution in [0.5, 0.6) is 0 Å². The van der Waals surface area contributed by atoms with Crippen molar-refractivity contribution >= 4 is 5.70 Å². The number of fused-ring (bicyclic) bond motifs is 1. The monoisotopic (exact) mass is 520 g/mol. The number of ether oxygens (including phenoxy) is 1. The van der Waals surface area contributed by atoms with Gasteiger partial charge in [0.1, 0.15) is 0 Å². The molecule has 2 saturated carbocycles. The third kappa shape index (κ3) is 11.1. The molecule has 6 N–H and O–H groups in total. The summed E-state index contributed by atoms with van der Waals surface area (Å²) in [6.45, 7) is 9.63. The van der Waals surface area contributed by atoms with E-state index in [2.05, 4.69) is 62.6 Å². The predicted octanol–water partition coefficient (Wildman–Crippen LogP) is 6.40. The first-order chi connectivity index (χ1) is 17.8. The van der Waals surface area contributed by atoms with E-state index in [0.29, 0.717) is 29.8 Å². The number of hydrogen-bond donors (Lipinski definition) is 4. The van der Waals surface area contributed by atoms with Gasteiger partial charge in [-0.3, -0.25) is 5.26 Å². The minimum Gasteiger partial charge on any atom is -0.399 e. The Bertz CT molecular complexity index is 735. The van der Waals surface area contributed by atoms with Gasteiger partial charge in [0.05, 0.1) is 25.9 Å². The standard InChI is InChI=1S/C18H32O2.C11H15N.CH5N.CH4O2/c1-12-9-10-14-5-4-8-16(17(14)11-20-12)13(2)18(19)15-6-3-7-15;1-3-4-11(12)10-7-5-9(2)6-8-10;1-2;1-3-2/h12-19H,3-11H2,1-2H3;4-8H,3,12H2,1-2H3;2H2,1H3;2H,1H3/b;11-4+;;/t12?,13?,14?,16-,17?,18?;;;/m0.../s1. The number of aliphatic hydroxyl groups excluding tert-OH is 1. The number of hydrogen-bond acceptors (Lipinski definition) is 6. The van der Waals surface area contributed by atoms with Crippen molar-refractivity contribution in [1.29, 1.82) is 0 Å². The van der Waals surface area contributed by atoms with Crippen LogP contribution in [0.4, 0.5) is 0 Å². The Labute approximate surface area is 226 Å². The first-order valence-corrected chi connectivity index (χ1v) is 14.4. The van der Waals surface area contributed by atoms with Gasteiger partial charge in [-0.15, -0.1) is 0 Å². The predicted molar refractivity (Wildman–Crippen MR) is 155 cm³/mol. The Morgan fingerprint density at radius 3 is 2.22 bits per heavy atom. The Morgan fingerprint density at radius 2 is 1.68 bits per heavy atom. The van der Waals surface area contributed by atoms with Crippen molar-refractivity contribution in [3.8, 4) is 0 Å². The van der Waals surface area contributed by atoms with Gasteiger partial charge >= 0.3 is 0 Å². The van der Waals surface area contributed by atoms with Crippen LogP contribution in [-0.4, -0.2) is 43.3 Å². The van der Waals surface area contributed by atoms with E-state index < -0.39 is 0 Å². The Kier molecular flexibility index (Phi) is 17.0. The molecule has 1 aliphatic heterocycles. The fraction of sp³-hybridized carbons (Fsp3) is 0.742. The third-order valence-corrected chi connectivity index (χ3v) is 8.44. The van der Waals surface area contributed by atoms with Gasteiger partial charge in [0, 0.05) is 5.70 Å². The zero-order valence-electron chi connectivity index (χ0n) is 24.4. The van der Waals surface area contributed by atoms with Crippen LogP contribution in [0.2, 0.25) is 0 Å². The molecule has 6 atom stereocenters. The van der Waals surface area contributed by atoms with E-state index in [0.717, 1.165) is 30.2 Å². The van der Waals surface area contributed by atoms with Crippen LogP contribution >= 0.6 is 0 Å². The Hall–Kier alpha value is -1.44. The Morgan fingerprint density at radius 1 is 1.08 bits per heavy atom. The largest absolute Gasteiger partial charge is 0.399 e. The fourth-order valence-electron chi connectivity index (χ4n) is 6.02. The SMILES string of the molecule is CC/C=C(/N)c1ccc(C)cc1.CC1CCC2CCC[C@@H](C(C)C(O)C3CCC3)C2CO1.CN.COO. The lowest BCUT2D eigenvalue weighted by molar-refractivity contribution is -0.214. The summed E-state index contributed by atoms with van der Waals surface area (Å²) in [4.78, 5) is 3.25. The lowest BCUT2D eigenvalue weighted by atomic mass is 9.63. The van der Waals surface area contributed by atoms with Gasteiger partial charge < -0.3 is 21.3 Å². The number of aliphatic hydroxyl groups is 1. The van der Waals surface area contributed by atoms with Crippen molar-refractivity contribution in [2.24, 2.45) is 41.1 Å². The average Bonchev–Trinajstić information content (AvgIpc) is 3.06. The van der Waals surface area contributed by atoms with Gasteiger partial charge in [-0.1, -0.05) is 69.0 Å². The molecule has 2 aliphatic carbocycles. The van der Waals surface area contributed by atoms with Gasteiger partial charge in [-0.2, -0.15) is 0 Å². The summed E-state index contributed by atoms with van der Waals surface area (Å²) in [5.41, 5.74) is 13.6. The summed E-state index contributed by atoms with van der Waals surface area (Å²) < 4.78 is 6.05. The van der Waals surface area contributed by atoms with Crippen molar-refractivity contribution in [1.82, 2.24) is 0 Å². The van der Waals surface area contributed by atoms with Crippen LogP contribution in [0.1, 0.15) is 89.7 Å². The van der Waals surface area contributed by atoms with Gasteiger partial charge in [0.25, 0.3) is 0 Å². The van der Waals surface area contributed by atoms with Crippen LogP contribution in [0, 0.1) is 36.5 Å². The molecule has 0 aromatic heterocycles. The van der Waals surface area contributed by atoms with E-state index in [4.69, 9.17) is 15.7 Å². The molecule has 6 heteroatoms. The molecule has 1 saturated heterocycles. The van der Waals surface area contributed by atoms with E-state index in [9.17, 15) is 5.11 Å². The summed E-state index contributed by atoms with van der Waals surface area (Å²) in [5, 5.41) is 17.7. The summed E-state index contributed by atoms with van der Waals surface area (Å²) in [5.74, 6) is 3.31. The maximum Gasteiger partial charge on any atom is 0.0710 e. The second-order valence-electron chi connectivity index (χ2n) is 10.9. The molecule has 3 aliphatic rings.